The van der Waals surface area contributed by atoms with Crippen LogP contribution in [0.4, 0.5) is 23.2 Å². The summed E-state index contributed by atoms with van der Waals surface area (Å²) in [6.45, 7) is 0. The van der Waals surface area contributed by atoms with Crippen molar-refractivity contribution in [3.63, 3.8) is 0 Å². The van der Waals surface area contributed by atoms with Crippen LogP contribution in [-0.4, -0.2) is 12.0 Å². The topological polar surface area (TPSA) is 24.9 Å². The summed E-state index contributed by atoms with van der Waals surface area (Å²) < 4.78 is 50.6. The molecule has 90 valence electrons. The maximum absolute atomic E-state index is 13.0. The van der Waals surface area contributed by atoms with Crippen LogP contribution in [0.3, 0.4) is 0 Å². The summed E-state index contributed by atoms with van der Waals surface area (Å²) in [5.41, 5.74) is -0.800. The first-order chi connectivity index (χ1) is 7.91. The highest BCUT2D eigenvalue weighted by Crippen LogP contribution is 2.32. The molecule has 0 fully saturated rings. The fourth-order valence-electron chi connectivity index (χ4n) is 1.55. The summed E-state index contributed by atoms with van der Waals surface area (Å²) in [5.74, 6) is -0.619. The Bertz CT molecular complexity index is 563. The average molecular weight is 244 g/mol. The van der Waals surface area contributed by atoms with Gasteiger partial charge in [0.2, 0.25) is 0 Å². The van der Waals surface area contributed by atoms with E-state index >= 15 is 0 Å². The van der Waals surface area contributed by atoms with Crippen molar-refractivity contribution in [3.05, 3.63) is 35.8 Å². The summed E-state index contributed by atoms with van der Waals surface area (Å²) in [5, 5.41) is 3.09. The van der Waals surface area contributed by atoms with Gasteiger partial charge in [0.05, 0.1) is 5.52 Å². The lowest BCUT2D eigenvalue weighted by atomic mass is 10.1. The molecular formula is C11H8F4N2. The van der Waals surface area contributed by atoms with E-state index in [0.29, 0.717) is 5.39 Å². The molecular weight excluding hydrogens is 236 g/mol. The Morgan fingerprint density at radius 1 is 1.18 bits per heavy atom. The number of aromatic nitrogens is 1. The van der Waals surface area contributed by atoms with Gasteiger partial charge in [-0.2, -0.15) is 13.2 Å². The Kier molecular flexibility index (Phi) is 2.65. The number of rotatable bonds is 1. The molecule has 0 amide bonds. The highest BCUT2D eigenvalue weighted by molar-refractivity contribution is 5.91. The van der Waals surface area contributed by atoms with Crippen molar-refractivity contribution in [2.75, 3.05) is 12.4 Å². The molecule has 0 radical (unpaired) electrons. The first kappa shape index (κ1) is 11.6. The molecule has 6 heteroatoms. The molecule has 0 aliphatic carbocycles. The molecule has 2 aromatic rings. The maximum atomic E-state index is 13.0. The van der Waals surface area contributed by atoms with Gasteiger partial charge in [0, 0.05) is 24.2 Å². The third kappa shape index (κ3) is 2.15. The Morgan fingerprint density at radius 2 is 1.88 bits per heavy atom. The molecule has 1 aromatic carbocycles. The smallest absolute Gasteiger partial charge is 0.388 e. The van der Waals surface area contributed by atoms with E-state index in [2.05, 4.69) is 10.3 Å². The number of halogens is 4. The standard InChI is InChI=1S/C11H8F4N2/c1-16-8-5-10(11(13,14)15)17-9-4-6(12)2-3-7(8)9/h2-5H,1H3,(H,16,17). The maximum Gasteiger partial charge on any atom is 0.433 e. The zero-order valence-electron chi connectivity index (χ0n) is 8.77. The van der Waals surface area contributed by atoms with Crippen molar-refractivity contribution in [3.8, 4) is 0 Å². The third-order valence-electron chi connectivity index (χ3n) is 2.33. The van der Waals surface area contributed by atoms with Crippen LogP contribution in [0.15, 0.2) is 24.3 Å². The molecule has 0 unspecified atom stereocenters. The van der Waals surface area contributed by atoms with Crippen LogP contribution >= 0.6 is 0 Å². The van der Waals surface area contributed by atoms with E-state index in [1.807, 2.05) is 0 Å². The lowest BCUT2D eigenvalue weighted by Crippen LogP contribution is -2.09. The molecule has 1 heterocycles. The SMILES string of the molecule is CNc1cc(C(F)(F)F)nc2cc(F)ccc12. The van der Waals surface area contributed by atoms with E-state index in [1.54, 1.807) is 0 Å². The second-order valence-corrected chi connectivity index (χ2v) is 3.46. The number of fused-ring (bicyclic) bond motifs is 1. The van der Waals surface area contributed by atoms with E-state index < -0.39 is 17.7 Å². The van der Waals surface area contributed by atoms with Gasteiger partial charge in [-0.15, -0.1) is 0 Å². The molecule has 17 heavy (non-hydrogen) atoms. The zero-order valence-corrected chi connectivity index (χ0v) is 8.77. The lowest BCUT2D eigenvalue weighted by molar-refractivity contribution is -0.140. The van der Waals surface area contributed by atoms with Crippen LogP contribution < -0.4 is 5.32 Å². The summed E-state index contributed by atoms with van der Waals surface area (Å²) in [6.07, 6.45) is -4.55. The van der Waals surface area contributed by atoms with Gasteiger partial charge < -0.3 is 5.32 Å². The van der Waals surface area contributed by atoms with Crippen LogP contribution in [0.1, 0.15) is 5.69 Å². The quantitative estimate of drug-likeness (QED) is 0.777. The molecule has 2 rings (SSSR count). The van der Waals surface area contributed by atoms with Crippen LogP contribution in [0.25, 0.3) is 10.9 Å². The Hall–Kier alpha value is -1.85. The third-order valence-corrected chi connectivity index (χ3v) is 2.33. The highest BCUT2D eigenvalue weighted by Gasteiger charge is 2.33. The van der Waals surface area contributed by atoms with E-state index in [0.717, 1.165) is 12.1 Å². The molecule has 0 spiro atoms. The van der Waals surface area contributed by atoms with E-state index in [4.69, 9.17) is 0 Å². The van der Waals surface area contributed by atoms with Gasteiger partial charge in [0.15, 0.2) is 0 Å². The van der Waals surface area contributed by atoms with Gasteiger partial charge in [-0.25, -0.2) is 9.37 Å². The highest BCUT2D eigenvalue weighted by atomic mass is 19.4. The lowest BCUT2D eigenvalue weighted by Gasteiger charge is -2.11. The number of nitrogens with one attached hydrogen (secondary N) is 1. The van der Waals surface area contributed by atoms with Crippen LogP contribution in [-0.2, 0) is 6.18 Å². The first-order valence-corrected chi connectivity index (χ1v) is 4.77. The second-order valence-electron chi connectivity index (χ2n) is 3.46. The molecule has 2 nitrogen and oxygen atoms in total. The van der Waals surface area contributed by atoms with E-state index in [1.165, 1.54) is 19.2 Å². The van der Waals surface area contributed by atoms with Gasteiger partial charge in [-0.3, -0.25) is 0 Å². The van der Waals surface area contributed by atoms with Crippen LogP contribution in [0, 0.1) is 5.82 Å². The van der Waals surface area contributed by atoms with E-state index in [9.17, 15) is 17.6 Å². The van der Waals surface area contributed by atoms with Crippen molar-refractivity contribution < 1.29 is 17.6 Å². The van der Waals surface area contributed by atoms with Crippen molar-refractivity contribution in [2.24, 2.45) is 0 Å². The van der Waals surface area contributed by atoms with Crippen molar-refractivity contribution >= 4 is 16.6 Å². The molecule has 0 saturated carbocycles. The van der Waals surface area contributed by atoms with E-state index in [-0.39, 0.29) is 11.2 Å². The zero-order chi connectivity index (χ0) is 12.6. The normalized spacial score (nSPS) is 11.8. The predicted molar refractivity (Wildman–Crippen MR) is 56.2 cm³/mol. The predicted octanol–water partition coefficient (Wildman–Crippen LogP) is 3.43. The fraction of sp³-hybridized carbons (Fsp3) is 0.182. The van der Waals surface area contributed by atoms with Gasteiger partial charge >= 0.3 is 6.18 Å². The van der Waals surface area contributed by atoms with Gasteiger partial charge in [0.25, 0.3) is 0 Å². The minimum atomic E-state index is -4.55. The molecule has 0 saturated heterocycles. The van der Waals surface area contributed by atoms with Crippen LogP contribution in [0.5, 0.6) is 0 Å². The summed E-state index contributed by atoms with van der Waals surface area (Å²) in [6, 6.07) is 4.45. The number of nitrogens with zero attached hydrogens (tertiary/aromatic N) is 1. The van der Waals surface area contributed by atoms with Gasteiger partial charge in [-0.05, 0) is 18.2 Å². The largest absolute Gasteiger partial charge is 0.433 e. The van der Waals surface area contributed by atoms with Crippen molar-refractivity contribution in [1.82, 2.24) is 4.98 Å². The monoisotopic (exact) mass is 244 g/mol. The molecule has 0 bridgehead atoms. The Morgan fingerprint density at radius 3 is 2.47 bits per heavy atom. The molecule has 0 atom stereocenters. The number of benzene rings is 1. The number of anilines is 1. The summed E-state index contributed by atoms with van der Waals surface area (Å²) in [4.78, 5) is 3.41. The average Bonchev–Trinajstić information content (AvgIpc) is 2.25. The molecule has 1 N–H and O–H groups in total. The minimum Gasteiger partial charge on any atom is -0.388 e. The number of alkyl halides is 3. The number of hydrogen-bond acceptors (Lipinski definition) is 2. The second kappa shape index (κ2) is 3.87. The Labute approximate surface area is 94.3 Å². The number of hydrogen-bond donors (Lipinski definition) is 1. The molecule has 0 aliphatic heterocycles. The van der Waals surface area contributed by atoms with Gasteiger partial charge in [0.1, 0.15) is 11.5 Å². The van der Waals surface area contributed by atoms with Crippen LogP contribution in [0.2, 0.25) is 0 Å². The van der Waals surface area contributed by atoms with Crippen molar-refractivity contribution in [1.29, 1.82) is 0 Å². The molecule has 0 aliphatic rings. The Balaban J connectivity index is 2.76. The number of pyridine rings is 1. The summed E-state index contributed by atoms with van der Waals surface area (Å²) in [7, 11) is 1.50. The summed E-state index contributed by atoms with van der Waals surface area (Å²) >= 11 is 0. The molecule has 1 aromatic heterocycles. The van der Waals surface area contributed by atoms with Gasteiger partial charge in [-0.1, -0.05) is 0 Å². The first-order valence-electron chi connectivity index (χ1n) is 4.77. The minimum absolute atomic E-state index is 0.0239. The van der Waals surface area contributed by atoms with Crippen molar-refractivity contribution in [2.45, 2.75) is 6.18 Å². The fourth-order valence-corrected chi connectivity index (χ4v) is 1.55.